The number of carbonyl (C=O) groups is 6. The number of carbonyl (C=O) groups excluding carboxylic acids is 6. The largest absolute Gasteiger partial charge is 0.497 e. The van der Waals surface area contributed by atoms with Crippen molar-refractivity contribution in [2.45, 2.75) is 333 Å². The summed E-state index contributed by atoms with van der Waals surface area (Å²) in [6.45, 7) is 37.9. The maximum absolute atomic E-state index is 13.0. The van der Waals surface area contributed by atoms with Crippen molar-refractivity contribution in [1.29, 1.82) is 0 Å². The number of esters is 5. The fraction of sp³-hybridized carbons (Fsp3) is 0.519. The number of oxime groups is 2. The molecule has 6 aromatic rings. The second-order valence-electron chi connectivity index (χ2n) is 33.5. The summed E-state index contributed by atoms with van der Waals surface area (Å²) in [4.78, 5) is 86.3. The summed E-state index contributed by atoms with van der Waals surface area (Å²) in [6, 6.07) is 46.9. The molecule has 6 unspecified atom stereocenters. The van der Waals surface area contributed by atoms with Crippen molar-refractivity contribution in [2.75, 3.05) is 7.11 Å². The molecule has 2 aliphatic heterocycles. The highest BCUT2D eigenvalue weighted by molar-refractivity contribution is 6.04. The van der Waals surface area contributed by atoms with E-state index < -0.39 is 10.8 Å². The Balaban J connectivity index is 0.000000352. The summed E-state index contributed by atoms with van der Waals surface area (Å²) in [5.41, 5.74) is 10.4. The lowest BCUT2D eigenvalue weighted by Crippen LogP contribution is -2.48. The van der Waals surface area contributed by atoms with Crippen molar-refractivity contribution in [3.63, 3.8) is 0 Å². The number of hydrogen-bond donors (Lipinski definition) is 0. The molecule has 2 heterocycles. The minimum atomic E-state index is -0.636. The topological polar surface area (TPSA) is 201 Å². The van der Waals surface area contributed by atoms with Gasteiger partial charge in [0.1, 0.15) is 52.5 Å². The molecule has 16 nitrogen and oxygen atoms in total. The molecule has 2 aliphatic rings. The summed E-state index contributed by atoms with van der Waals surface area (Å²) < 4.78 is 33.6. The van der Waals surface area contributed by atoms with Crippen LogP contribution < -0.4 is 28.4 Å². The molecule has 0 aliphatic carbocycles. The number of ether oxygens (including phenoxy) is 6. The highest BCUT2D eigenvalue weighted by Crippen LogP contribution is 2.53. The number of benzene rings is 6. The molecule has 0 saturated carbocycles. The Labute approximate surface area is 719 Å². The Kier molecular flexibility index (Phi) is 41.2. The maximum atomic E-state index is 13.0. The fourth-order valence-corrected chi connectivity index (χ4v) is 16.3. The van der Waals surface area contributed by atoms with Crippen molar-refractivity contribution in [3.05, 3.63) is 214 Å². The van der Waals surface area contributed by atoms with Crippen LogP contribution in [0.25, 0.3) is 0 Å². The normalized spacial score (nSPS) is 17.5. The van der Waals surface area contributed by atoms with E-state index in [1.807, 2.05) is 72.8 Å². The van der Waals surface area contributed by atoms with Crippen LogP contribution >= 0.6 is 0 Å². The van der Waals surface area contributed by atoms with E-state index in [9.17, 15) is 28.8 Å². The van der Waals surface area contributed by atoms with E-state index in [4.69, 9.17) is 48.4 Å². The Hall–Kier alpha value is -9.70. The zero-order valence-corrected chi connectivity index (χ0v) is 76.2. The van der Waals surface area contributed by atoms with Gasteiger partial charge in [-0.15, -0.1) is 0 Å². The van der Waals surface area contributed by atoms with Gasteiger partial charge >= 0.3 is 29.8 Å². The smallest absolute Gasteiger partial charge is 0.311 e. The number of methoxy groups -OCH3 is 1. The molecule has 0 saturated heterocycles. The molecule has 8 rings (SSSR count). The molecular formula is C104H142N2O14. The molecule has 6 aromatic carbocycles. The molecule has 652 valence electrons. The van der Waals surface area contributed by atoms with Crippen LogP contribution in [0.3, 0.4) is 0 Å². The summed E-state index contributed by atoms with van der Waals surface area (Å²) in [6.07, 6.45) is 28.7. The third kappa shape index (κ3) is 28.2. The van der Waals surface area contributed by atoms with E-state index >= 15 is 0 Å². The first-order valence-corrected chi connectivity index (χ1v) is 44.7. The zero-order valence-electron chi connectivity index (χ0n) is 76.2. The predicted molar refractivity (Wildman–Crippen MR) is 486 cm³/mol. The van der Waals surface area contributed by atoms with Gasteiger partial charge in [-0.25, -0.2) is 0 Å². The Morgan fingerprint density at radius 3 is 0.917 bits per heavy atom. The quantitative estimate of drug-likeness (QED) is 0.0151. The van der Waals surface area contributed by atoms with E-state index in [1.165, 1.54) is 36.5 Å². The van der Waals surface area contributed by atoms with Crippen LogP contribution in [0.15, 0.2) is 191 Å². The van der Waals surface area contributed by atoms with Crippen LogP contribution in [-0.2, 0) is 54.7 Å². The third-order valence-electron chi connectivity index (χ3n) is 24.1. The van der Waals surface area contributed by atoms with Gasteiger partial charge in [-0.1, -0.05) is 247 Å². The molecule has 0 fully saturated rings. The summed E-state index contributed by atoms with van der Waals surface area (Å²) in [5, 5.41) is 9.99. The molecule has 0 aromatic heterocycles. The molecule has 0 radical (unpaired) electrons. The summed E-state index contributed by atoms with van der Waals surface area (Å²) in [5.74, 6) is 1.76. The summed E-state index contributed by atoms with van der Waals surface area (Å²) >= 11 is 0. The Morgan fingerprint density at radius 1 is 0.367 bits per heavy atom. The summed E-state index contributed by atoms with van der Waals surface area (Å²) in [7, 11) is 1.68. The minimum absolute atomic E-state index is 0.0590. The van der Waals surface area contributed by atoms with Crippen molar-refractivity contribution in [1.82, 2.24) is 0 Å². The lowest BCUT2D eigenvalue weighted by molar-refractivity contribution is -0.136. The number of hydrogen-bond acceptors (Lipinski definition) is 16. The first-order valence-electron chi connectivity index (χ1n) is 44.7. The second-order valence-corrected chi connectivity index (χ2v) is 33.5. The van der Waals surface area contributed by atoms with Crippen LogP contribution in [-0.4, -0.2) is 66.4 Å². The van der Waals surface area contributed by atoms with Gasteiger partial charge in [-0.2, -0.15) is 0 Å². The zero-order chi connectivity index (χ0) is 87.9. The van der Waals surface area contributed by atoms with Crippen molar-refractivity contribution in [3.8, 4) is 34.5 Å². The fourth-order valence-electron chi connectivity index (χ4n) is 16.3. The SMILES string of the molecule is CC/C=C(/C)CC.CC/C=C(/C)CCC1ON=C(C(CCCC)(c2ccc(OC(=O)CCCCC)cc2)c2ccc(OC(=O)CCCCC(C)=O)cc2)C1(C)CC.CC/C=C(/C)CCC1ON=C(C(CCCC)(c2ccc(OC)cc2)c2ccc(OC(=O)CCCCC(=O)Oc3ccc(C(C)(C)c4ccc(OC(C)=O)cc4)cc3)cc2)C1(C)CC. The number of unbranched alkanes of at least 4 members (excludes halogenated alkanes) is 6. The van der Waals surface area contributed by atoms with Gasteiger partial charge in [0.2, 0.25) is 0 Å². The molecular weight excluding hydrogens is 1500 g/mol. The standard InChI is InChI=1S/C54H67NO8.C43H61NO6.C7H14/c1-10-13-37-54(42-24-28-44(59-9)29-25-42,51-53(8,12-3)48(63-55-51)36-19-38(4)16-11-2)43-26-34-47(35-27-43)62-50(58)18-15-14-17-49(57)61-46-32-22-41(23-33-46)52(6,7)40-20-30-45(31-21-40)60-39(5)56;1-8-12-14-19-39(46)48-36-26-22-34(23-27-36)43(31-13-9-2,41-42(7,11-4)38(50-44-41)30-21-32(5)17-10-3)35-24-28-37(29-25-35)49-40(47)20-16-15-18-33(6)45;1-4-6-7(3)5-2/h16,20-35,48H,10-15,17-19,36-37H2,1-9H3;17,22-29,38H,8-16,18-21,30-31H2,1-7H3;6H,4-5H2,1-3H3/b38-16-;32-17-;7-6-. The van der Waals surface area contributed by atoms with E-state index in [-0.39, 0.29) is 83.3 Å². The monoisotopic (exact) mass is 1640 g/mol. The lowest BCUT2D eigenvalue weighted by atomic mass is 9.59. The lowest BCUT2D eigenvalue weighted by Gasteiger charge is -2.42. The molecule has 0 spiro atoms. The third-order valence-corrected chi connectivity index (χ3v) is 24.1. The minimum Gasteiger partial charge on any atom is -0.497 e. The van der Waals surface area contributed by atoms with E-state index in [1.54, 1.807) is 38.3 Å². The van der Waals surface area contributed by atoms with Crippen LogP contribution in [0.2, 0.25) is 0 Å². The van der Waals surface area contributed by atoms with Gasteiger partial charge in [-0.3, -0.25) is 24.0 Å². The van der Waals surface area contributed by atoms with Crippen LogP contribution in [0.4, 0.5) is 0 Å². The van der Waals surface area contributed by atoms with Gasteiger partial charge in [0.25, 0.3) is 0 Å². The number of Topliss-reactive ketones (excluding diaryl/α,β-unsaturated/α-hetero) is 1. The predicted octanol–water partition coefficient (Wildman–Crippen LogP) is 26.6. The Morgan fingerprint density at radius 2 is 0.650 bits per heavy atom. The van der Waals surface area contributed by atoms with Crippen LogP contribution in [0.1, 0.15) is 338 Å². The number of ketones is 1. The molecule has 0 bridgehead atoms. The van der Waals surface area contributed by atoms with Crippen molar-refractivity contribution < 1.29 is 66.9 Å². The van der Waals surface area contributed by atoms with Gasteiger partial charge in [-0.05, 0) is 243 Å². The average molecular weight is 1640 g/mol. The highest BCUT2D eigenvalue weighted by atomic mass is 16.7. The average Bonchev–Trinajstić information content (AvgIpc) is 1.20. The van der Waals surface area contributed by atoms with Gasteiger partial charge in [0, 0.05) is 55.3 Å². The number of nitrogens with zero attached hydrogens (tertiary/aromatic N) is 2. The van der Waals surface area contributed by atoms with E-state index in [0.29, 0.717) is 67.3 Å². The van der Waals surface area contributed by atoms with Crippen LogP contribution in [0.5, 0.6) is 34.5 Å². The number of allylic oxidation sites excluding steroid dienone is 6. The van der Waals surface area contributed by atoms with Crippen LogP contribution in [0, 0.1) is 10.8 Å². The van der Waals surface area contributed by atoms with Gasteiger partial charge in [0.05, 0.1) is 29.4 Å². The Bertz CT molecular complexity index is 4340. The molecule has 16 heteroatoms. The molecule has 0 N–H and O–H groups in total. The molecule has 120 heavy (non-hydrogen) atoms. The van der Waals surface area contributed by atoms with Gasteiger partial charge in [0.15, 0.2) is 0 Å². The van der Waals surface area contributed by atoms with E-state index in [2.05, 4.69) is 178 Å². The molecule has 6 atom stereocenters. The second kappa shape index (κ2) is 49.9. The highest BCUT2D eigenvalue weighted by Gasteiger charge is 2.56. The molecule has 0 amide bonds. The number of rotatable bonds is 46. The first-order chi connectivity index (χ1) is 57.5. The maximum Gasteiger partial charge on any atom is 0.311 e. The van der Waals surface area contributed by atoms with Gasteiger partial charge < -0.3 is 42.9 Å². The van der Waals surface area contributed by atoms with Crippen molar-refractivity contribution >= 4 is 47.1 Å². The van der Waals surface area contributed by atoms with Crippen molar-refractivity contribution in [2.24, 2.45) is 21.1 Å². The van der Waals surface area contributed by atoms with E-state index in [0.717, 1.165) is 160 Å². The first kappa shape index (κ1) is 99.1.